The third kappa shape index (κ3) is 11.8. The third-order valence-electron chi connectivity index (χ3n) is 7.83. The van der Waals surface area contributed by atoms with Crippen molar-refractivity contribution in [2.75, 3.05) is 11.9 Å². The molecule has 4 rings (SSSR count). The fourth-order valence-electron chi connectivity index (χ4n) is 5.06. The first-order valence-electron chi connectivity index (χ1n) is 16.5. The van der Waals surface area contributed by atoms with Gasteiger partial charge in [0, 0.05) is 11.3 Å². The molecule has 0 bridgehead atoms. The molecule has 252 valence electrons. The zero-order valence-corrected chi connectivity index (χ0v) is 27.9. The van der Waals surface area contributed by atoms with Gasteiger partial charge >= 0.3 is 5.97 Å². The molecular formula is C40H41N3O6. The molecule has 9 heteroatoms. The summed E-state index contributed by atoms with van der Waals surface area (Å²) in [6.07, 6.45) is 6.14. The summed E-state index contributed by atoms with van der Waals surface area (Å²) in [6, 6.07) is 28.1. The van der Waals surface area contributed by atoms with Gasteiger partial charge in [0.2, 0.25) is 5.91 Å². The van der Waals surface area contributed by atoms with E-state index in [2.05, 4.69) is 23.6 Å². The van der Waals surface area contributed by atoms with Crippen LogP contribution in [0.15, 0.2) is 97.1 Å². The zero-order chi connectivity index (χ0) is 35.0. The summed E-state index contributed by atoms with van der Waals surface area (Å²) in [5.41, 5.74) is 3.21. The Morgan fingerprint density at radius 3 is 2.12 bits per heavy atom. The Bertz CT molecular complexity index is 1760. The average Bonchev–Trinajstić information content (AvgIpc) is 3.10. The summed E-state index contributed by atoms with van der Waals surface area (Å²) in [4.78, 5) is 50.5. The zero-order valence-electron chi connectivity index (χ0n) is 27.9. The lowest BCUT2D eigenvalue weighted by Crippen LogP contribution is -2.41. The topological polar surface area (TPSA) is 135 Å². The van der Waals surface area contributed by atoms with Gasteiger partial charge < -0.3 is 20.1 Å². The molecule has 4 aromatic carbocycles. The van der Waals surface area contributed by atoms with Crippen LogP contribution >= 0.6 is 0 Å². The van der Waals surface area contributed by atoms with Crippen molar-refractivity contribution in [3.8, 4) is 17.6 Å². The monoisotopic (exact) mass is 659 g/mol. The van der Waals surface area contributed by atoms with Crippen molar-refractivity contribution in [1.82, 2.24) is 5.32 Å². The lowest BCUT2D eigenvalue weighted by Gasteiger charge is -2.17. The van der Waals surface area contributed by atoms with Crippen molar-refractivity contribution in [2.24, 2.45) is 0 Å². The van der Waals surface area contributed by atoms with Gasteiger partial charge in [-0.25, -0.2) is 4.79 Å². The van der Waals surface area contributed by atoms with Gasteiger partial charge in [0.05, 0.1) is 36.3 Å². The molecule has 0 aliphatic heterocycles. The lowest BCUT2D eigenvalue weighted by atomic mass is 10.0. The SMILES string of the molecule is CCCCCCCOc1ccc(C(=O)Oc2ccc(C[C@H](NC(=O)c3ccc(NC(=O)Cc4cccc(C#N)c4)cc3)C(C)=O)cc2)cc1. The largest absolute Gasteiger partial charge is 0.494 e. The molecule has 0 aliphatic carbocycles. The minimum absolute atomic E-state index is 0.102. The van der Waals surface area contributed by atoms with Crippen LogP contribution in [0.3, 0.4) is 0 Å². The van der Waals surface area contributed by atoms with E-state index < -0.39 is 17.9 Å². The second-order valence-corrected chi connectivity index (χ2v) is 11.8. The highest BCUT2D eigenvalue weighted by Gasteiger charge is 2.19. The molecule has 0 saturated carbocycles. The van der Waals surface area contributed by atoms with Gasteiger partial charge in [0.15, 0.2) is 5.78 Å². The number of rotatable bonds is 17. The summed E-state index contributed by atoms with van der Waals surface area (Å²) < 4.78 is 11.3. The number of esters is 1. The van der Waals surface area contributed by atoms with Crippen molar-refractivity contribution >= 4 is 29.3 Å². The Morgan fingerprint density at radius 2 is 1.45 bits per heavy atom. The van der Waals surface area contributed by atoms with Crippen LogP contribution in [0.4, 0.5) is 5.69 Å². The molecule has 0 aromatic heterocycles. The number of carbonyl (C=O) groups excluding carboxylic acids is 4. The number of ketones is 1. The maximum absolute atomic E-state index is 13.0. The van der Waals surface area contributed by atoms with E-state index in [1.165, 1.54) is 26.2 Å². The number of benzene rings is 4. The molecule has 0 spiro atoms. The molecule has 0 saturated heterocycles. The first kappa shape index (κ1) is 36.1. The minimum Gasteiger partial charge on any atom is -0.494 e. The van der Waals surface area contributed by atoms with E-state index in [-0.39, 0.29) is 24.5 Å². The van der Waals surface area contributed by atoms with Crippen LogP contribution in [0.1, 0.15) is 83.4 Å². The number of nitrogens with one attached hydrogen (secondary N) is 2. The predicted molar refractivity (Wildman–Crippen MR) is 188 cm³/mol. The van der Waals surface area contributed by atoms with E-state index in [0.717, 1.165) is 18.4 Å². The van der Waals surface area contributed by atoms with E-state index in [0.29, 0.717) is 46.0 Å². The molecule has 4 aromatic rings. The number of unbranched alkanes of at least 4 members (excludes halogenated alkanes) is 4. The van der Waals surface area contributed by atoms with Gasteiger partial charge in [-0.05, 0) is 104 Å². The van der Waals surface area contributed by atoms with Gasteiger partial charge in [0.1, 0.15) is 11.5 Å². The Morgan fingerprint density at radius 1 is 0.776 bits per heavy atom. The van der Waals surface area contributed by atoms with Crippen LogP contribution in [0.25, 0.3) is 0 Å². The molecule has 2 amide bonds. The first-order chi connectivity index (χ1) is 23.7. The third-order valence-corrected chi connectivity index (χ3v) is 7.83. The van der Waals surface area contributed by atoms with E-state index in [4.69, 9.17) is 14.7 Å². The second kappa shape index (κ2) is 18.6. The molecule has 1 atom stereocenters. The number of amides is 2. The second-order valence-electron chi connectivity index (χ2n) is 11.8. The van der Waals surface area contributed by atoms with E-state index in [9.17, 15) is 19.2 Å². The number of Topliss-reactive ketones (excluding diaryl/α,β-unsaturated/α-hetero) is 1. The maximum atomic E-state index is 13.0. The van der Waals surface area contributed by atoms with Crippen LogP contribution in [-0.4, -0.2) is 36.2 Å². The molecule has 0 radical (unpaired) electrons. The van der Waals surface area contributed by atoms with E-state index >= 15 is 0 Å². The highest BCUT2D eigenvalue weighted by Crippen LogP contribution is 2.19. The summed E-state index contributed by atoms with van der Waals surface area (Å²) in [5, 5.41) is 14.6. The fourth-order valence-corrected chi connectivity index (χ4v) is 5.06. The summed E-state index contributed by atoms with van der Waals surface area (Å²) >= 11 is 0. The lowest BCUT2D eigenvalue weighted by molar-refractivity contribution is -0.119. The summed E-state index contributed by atoms with van der Waals surface area (Å²) in [6.45, 7) is 4.24. The highest BCUT2D eigenvalue weighted by atomic mass is 16.5. The Balaban J connectivity index is 1.25. The number of nitrogens with zero attached hydrogens (tertiary/aromatic N) is 1. The van der Waals surface area contributed by atoms with Crippen LogP contribution in [0.5, 0.6) is 11.5 Å². The molecule has 0 heterocycles. The van der Waals surface area contributed by atoms with Gasteiger partial charge in [-0.2, -0.15) is 5.26 Å². The highest BCUT2D eigenvalue weighted by molar-refractivity contribution is 5.98. The van der Waals surface area contributed by atoms with Crippen molar-refractivity contribution in [3.63, 3.8) is 0 Å². The maximum Gasteiger partial charge on any atom is 0.343 e. The summed E-state index contributed by atoms with van der Waals surface area (Å²) in [7, 11) is 0. The van der Waals surface area contributed by atoms with E-state index in [1.807, 2.05) is 0 Å². The predicted octanol–water partition coefficient (Wildman–Crippen LogP) is 7.24. The Hall–Kier alpha value is -5.75. The number of hydrogen-bond acceptors (Lipinski definition) is 7. The molecule has 49 heavy (non-hydrogen) atoms. The van der Waals surface area contributed by atoms with Crippen LogP contribution < -0.4 is 20.1 Å². The number of carbonyl (C=O) groups is 4. The number of anilines is 1. The normalized spacial score (nSPS) is 11.1. The van der Waals surface area contributed by atoms with Gasteiger partial charge in [-0.15, -0.1) is 0 Å². The molecule has 0 fully saturated rings. The standard InChI is InChI=1S/C40H41N3O6/c1-3-4-5-6-7-23-48-35-21-15-33(16-22-35)40(47)49-36-19-11-29(12-20-36)25-37(28(2)44)43-39(46)32-13-17-34(18-14-32)42-38(45)26-30-9-8-10-31(24-30)27-41/h8-22,24,37H,3-7,23,25-26H2,1-2H3,(H,42,45)(H,43,46)/t37-/m0/s1. The average molecular weight is 660 g/mol. The first-order valence-corrected chi connectivity index (χ1v) is 16.5. The Labute approximate surface area is 287 Å². The molecule has 0 unspecified atom stereocenters. The fraction of sp³-hybridized carbons (Fsp3) is 0.275. The van der Waals surface area contributed by atoms with Gasteiger partial charge in [-0.1, -0.05) is 56.9 Å². The van der Waals surface area contributed by atoms with E-state index in [1.54, 1.807) is 97.1 Å². The van der Waals surface area contributed by atoms with Crippen molar-refractivity contribution in [1.29, 1.82) is 5.26 Å². The van der Waals surface area contributed by atoms with Crippen LogP contribution in [0.2, 0.25) is 0 Å². The van der Waals surface area contributed by atoms with Gasteiger partial charge in [-0.3, -0.25) is 14.4 Å². The Kier molecular flexibility index (Phi) is 13.7. The number of hydrogen-bond donors (Lipinski definition) is 2. The van der Waals surface area contributed by atoms with Crippen LogP contribution in [0, 0.1) is 11.3 Å². The summed E-state index contributed by atoms with van der Waals surface area (Å²) in [5.74, 6) is -0.331. The van der Waals surface area contributed by atoms with Crippen molar-refractivity contribution in [2.45, 2.75) is 64.8 Å². The molecule has 9 nitrogen and oxygen atoms in total. The quantitative estimate of drug-likeness (QED) is 0.0693. The van der Waals surface area contributed by atoms with Crippen LogP contribution in [-0.2, 0) is 22.4 Å². The number of ether oxygens (including phenoxy) is 2. The van der Waals surface area contributed by atoms with Crippen molar-refractivity contribution < 1.29 is 28.7 Å². The molecule has 2 N–H and O–H groups in total. The van der Waals surface area contributed by atoms with Crippen molar-refractivity contribution in [3.05, 3.63) is 125 Å². The number of nitriles is 1. The smallest absolute Gasteiger partial charge is 0.343 e. The minimum atomic E-state index is -0.776. The molecule has 0 aliphatic rings. The molecular weight excluding hydrogens is 618 g/mol. The van der Waals surface area contributed by atoms with Gasteiger partial charge in [0.25, 0.3) is 5.91 Å².